The summed E-state index contributed by atoms with van der Waals surface area (Å²) in [4.78, 5) is 26.0. The number of hydrogen-bond donors (Lipinski definition) is 1. The molecule has 2 aromatic carbocycles. The highest BCUT2D eigenvalue weighted by Crippen LogP contribution is 2.40. The van der Waals surface area contributed by atoms with Crippen LogP contribution in [-0.4, -0.2) is 31.7 Å². The zero-order valence-corrected chi connectivity index (χ0v) is 16.2. The van der Waals surface area contributed by atoms with Crippen molar-refractivity contribution in [2.24, 2.45) is 0 Å². The molecule has 28 heavy (non-hydrogen) atoms. The lowest BCUT2D eigenvalue weighted by Crippen LogP contribution is -2.39. The van der Waals surface area contributed by atoms with Gasteiger partial charge < -0.3 is 10.1 Å². The number of nitrogens with zero attached hydrogens (tertiary/aromatic N) is 1. The van der Waals surface area contributed by atoms with Crippen molar-refractivity contribution >= 4 is 17.7 Å². The molecule has 5 nitrogen and oxygen atoms in total. The molecule has 2 aromatic rings. The highest BCUT2D eigenvalue weighted by molar-refractivity contribution is 5.95. The monoisotopic (exact) mass is 378 g/mol. The lowest BCUT2D eigenvalue weighted by Gasteiger charge is -2.30. The number of amides is 2. The molecular weight excluding hydrogens is 352 g/mol. The van der Waals surface area contributed by atoms with Crippen molar-refractivity contribution in [1.29, 1.82) is 0 Å². The fourth-order valence-electron chi connectivity index (χ4n) is 4.37. The third-order valence-electron chi connectivity index (χ3n) is 5.98. The maximum atomic E-state index is 12.7. The van der Waals surface area contributed by atoms with E-state index in [-0.39, 0.29) is 17.4 Å². The predicted molar refractivity (Wildman–Crippen MR) is 109 cm³/mol. The number of carbonyl (C=O) groups excluding carboxylic acids is 2. The first kappa shape index (κ1) is 18.5. The zero-order chi connectivity index (χ0) is 19.6. The van der Waals surface area contributed by atoms with E-state index in [0.717, 1.165) is 18.5 Å². The summed E-state index contributed by atoms with van der Waals surface area (Å²) in [5.41, 5.74) is 3.97. The van der Waals surface area contributed by atoms with Crippen LogP contribution in [-0.2, 0) is 10.2 Å². The van der Waals surface area contributed by atoms with Gasteiger partial charge in [-0.3, -0.25) is 9.69 Å². The molecule has 0 unspecified atom stereocenters. The summed E-state index contributed by atoms with van der Waals surface area (Å²) in [6, 6.07) is 15.8. The van der Waals surface area contributed by atoms with Gasteiger partial charge in [0.15, 0.2) is 0 Å². The standard InChI is InChI=1S/C23H26N2O3/c1-17-5-4-6-19(15-17)23(11-2-3-12-23)16-24-21(26)18-7-9-20(10-8-18)25-13-14-28-22(25)27/h4-10,15H,2-3,11-14,16H2,1H3,(H,24,26). The van der Waals surface area contributed by atoms with Crippen molar-refractivity contribution in [3.63, 3.8) is 0 Å². The van der Waals surface area contributed by atoms with E-state index in [1.807, 2.05) is 0 Å². The Kier molecular flexibility index (Phi) is 5.07. The van der Waals surface area contributed by atoms with Crippen molar-refractivity contribution in [2.75, 3.05) is 24.6 Å². The topological polar surface area (TPSA) is 58.6 Å². The van der Waals surface area contributed by atoms with Crippen LogP contribution in [0.2, 0.25) is 0 Å². The summed E-state index contributed by atoms with van der Waals surface area (Å²) < 4.78 is 4.96. The minimum Gasteiger partial charge on any atom is -0.447 e. The van der Waals surface area contributed by atoms with Gasteiger partial charge in [-0.15, -0.1) is 0 Å². The molecule has 0 radical (unpaired) electrons. The second-order valence-electron chi connectivity index (χ2n) is 7.85. The second-order valence-corrected chi connectivity index (χ2v) is 7.85. The Morgan fingerprint density at radius 1 is 1.14 bits per heavy atom. The Balaban J connectivity index is 1.45. The molecule has 1 saturated carbocycles. The second kappa shape index (κ2) is 7.66. The van der Waals surface area contributed by atoms with Gasteiger partial charge in [-0.05, 0) is 49.6 Å². The van der Waals surface area contributed by atoms with E-state index in [1.54, 1.807) is 29.2 Å². The highest BCUT2D eigenvalue weighted by Gasteiger charge is 2.36. The van der Waals surface area contributed by atoms with Crippen LogP contribution in [0.25, 0.3) is 0 Å². The van der Waals surface area contributed by atoms with E-state index < -0.39 is 0 Å². The number of rotatable bonds is 5. The van der Waals surface area contributed by atoms with Crippen molar-refractivity contribution in [3.8, 4) is 0 Å². The molecule has 0 aromatic heterocycles. The third-order valence-corrected chi connectivity index (χ3v) is 5.98. The van der Waals surface area contributed by atoms with Crippen LogP contribution in [0.5, 0.6) is 0 Å². The summed E-state index contributed by atoms with van der Waals surface area (Å²) in [7, 11) is 0. The number of nitrogens with one attached hydrogen (secondary N) is 1. The Morgan fingerprint density at radius 3 is 2.54 bits per heavy atom. The SMILES string of the molecule is Cc1cccc(C2(CNC(=O)c3ccc(N4CCOC4=O)cc3)CCCC2)c1. The van der Waals surface area contributed by atoms with Gasteiger partial charge in [0.2, 0.25) is 0 Å². The maximum Gasteiger partial charge on any atom is 0.414 e. The lowest BCUT2D eigenvalue weighted by molar-refractivity contribution is 0.0943. The summed E-state index contributed by atoms with van der Waals surface area (Å²) >= 11 is 0. The van der Waals surface area contributed by atoms with Crippen molar-refractivity contribution < 1.29 is 14.3 Å². The number of carbonyl (C=O) groups is 2. The molecule has 2 aliphatic rings. The van der Waals surface area contributed by atoms with Crippen LogP contribution in [0.15, 0.2) is 48.5 Å². The molecule has 146 valence electrons. The fourth-order valence-corrected chi connectivity index (χ4v) is 4.37. The molecule has 2 fully saturated rings. The van der Waals surface area contributed by atoms with E-state index in [4.69, 9.17) is 4.74 Å². The number of aryl methyl sites for hydroxylation is 1. The fraction of sp³-hybridized carbons (Fsp3) is 0.391. The first-order valence-corrected chi connectivity index (χ1v) is 9.97. The Morgan fingerprint density at radius 2 is 1.89 bits per heavy atom. The molecule has 5 heteroatoms. The molecule has 0 bridgehead atoms. The van der Waals surface area contributed by atoms with E-state index in [1.165, 1.54) is 24.0 Å². The maximum absolute atomic E-state index is 12.7. The van der Waals surface area contributed by atoms with E-state index >= 15 is 0 Å². The minimum atomic E-state index is -0.335. The van der Waals surface area contributed by atoms with Crippen LogP contribution < -0.4 is 10.2 Å². The van der Waals surface area contributed by atoms with E-state index in [2.05, 4.69) is 36.5 Å². The van der Waals surface area contributed by atoms with Crippen LogP contribution >= 0.6 is 0 Å². The van der Waals surface area contributed by atoms with Gasteiger partial charge in [0.05, 0.1) is 6.54 Å². The molecule has 1 aliphatic heterocycles. The molecular formula is C23H26N2O3. The highest BCUT2D eigenvalue weighted by atomic mass is 16.6. The first-order valence-electron chi connectivity index (χ1n) is 9.97. The summed E-state index contributed by atoms with van der Waals surface area (Å²) in [5, 5.41) is 3.15. The molecule has 0 spiro atoms. The van der Waals surface area contributed by atoms with Crippen molar-refractivity contribution in [2.45, 2.75) is 38.0 Å². The molecule has 1 N–H and O–H groups in total. The Labute approximate surface area is 165 Å². The number of cyclic esters (lactones) is 1. The van der Waals surface area contributed by atoms with E-state index in [0.29, 0.717) is 25.3 Å². The summed E-state index contributed by atoms with van der Waals surface area (Å²) in [6.45, 7) is 3.71. The van der Waals surface area contributed by atoms with Crippen LogP contribution in [0.4, 0.5) is 10.5 Å². The van der Waals surface area contributed by atoms with Crippen molar-refractivity contribution in [3.05, 3.63) is 65.2 Å². The molecule has 1 heterocycles. The normalized spacial score (nSPS) is 18.2. The van der Waals surface area contributed by atoms with Crippen LogP contribution in [0.3, 0.4) is 0 Å². The number of hydrogen-bond acceptors (Lipinski definition) is 3. The summed E-state index contributed by atoms with van der Waals surface area (Å²) in [5.74, 6) is -0.0746. The average Bonchev–Trinajstić information content (AvgIpc) is 3.36. The third kappa shape index (κ3) is 3.61. The number of anilines is 1. The molecule has 1 saturated heterocycles. The van der Waals surface area contributed by atoms with Gasteiger partial charge >= 0.3 is 6.09 Å². The minimum absolute atomic E-state index is 0.0287. The Hall–Kier alpha value is -2.82. The van der Waals surface area contributed by atoms with Gasteiger partial charge in [0.25, 0.3) is 5.91 Å². The molecule has 0 atom stereocenters. The molecule has 1 aliphatic carbocycles. The smallest absolute Gasteiger partial charge is 0.414 e. The largest absolute Gasteiger partial charge is 0.447 e. The van der Waals surface area contributed by atoms with Crippen molar-refractivity contribution in [1.82, 2.24) is 5.32 Å². The van der Waals surface area contributed by atoms with Crippen LogP contribution in [0.1, 0.15) is 47.2 Å². The average molecular weight is 378 g/mol. The molecule has 2 amide bonds. The van der Waals surface area contributed by atoms with Gasteiger partial charge in [0, 0.05) is 23.2 Å². The number of ether oxygens (including phenoxy) is 1. The van der Waals surface area contributed by atoms with Gasteiger partial charge in [-0.1, -0.05) is 42.7 Å². The van der Waals surface area contributed by atoms with Gasteiger partial charge in [-0.25, -0.2) is 4.79 Å². The van der Waals surface area contributed by atoms with Gasteiger partial charge in [0.1, 0.15) is 6.61 Å². The summed E-state index contributed by atoms with van der Waals surface area (Å²) in [6.07, 6.45) is 4.27. The lowest BCUT2D eigenvalue weighted by atomic mass is 9.78. The Bertz CT molecular complexity index is 870. The van der Waals surface area contributed by atoms with Gasteiger partial charge in [-0.2, -0.15) is 0 Å². The number of benzene rings is 2. The first-order chi connectivity index (χ1) is 13.6. The van der Waals surface area contributed by atoms with E-state index in [9.17, 15) is 9.59 Å². The van der Waals surface area contributed by atoms with Crippen LogP contribution in [0, 0.1) is 6.92 Å². The quantitative estimate of drug-likeness (QED) is 0.849. The predicted octanol–water partition coefficient (Wildman–Crippen LogP) is 4.19. The molecule has 4 rings (SSSR count). The zero-order valence-electron chi connectivity index (χ0n) is 16.2.